The van der Waals surface area contributed by atoms with E-state index in [0.717, 1.165) is 45.2 Å². The van der Waals surface area contributed by atoms with Gasteiger partial charge in [-0.1, -0.05) is 92.0 Å². The molecule has 1 aromatic rings. The third-order valence-electron chi connectivity index (χ3n) is 5.54. The first kappa shape index (κ1) is 29.6. The predicted molar refractivity (Wildman–Crippen MR) is 153 cm³/mol. The molecule has 1 amide bonds. The van der Waals surface area contributed by atoms with Crippen LogP contribution in [0.25, 0.3) is 0 Å². The molecule has 0 aliphatic carbocycles. The van der Waals surface area contributed by atoms with Crippen molar-refractivity contribution in [3.63, 3.8) is 0 Å². The molecule has 1 aliphatic heterocycles. The van der Waals surface area contributed by atoms with Gasteiger partial charge in [-0.15, -0.1) is 0 Å². The largest absolute Gasteiger partial charge is 0.481 e. The Bertz CT molecular complexity index is 1010. The van der Waals surface area contributed by atoms with Gasteiger partial charge in [0.25, 0.3) is 0 Å². The van der Waals surface area contributed by atoms with Crippen LogP contribution >= 0.6 is 0 Å². The van der Waals surface area contributed by atoms with Gasteiger partial charge in [-0.2, -0.15) is 0 Å². The van der Waals surface area contributed by atoms with Crippen molar-refractivity contribution in [2.45, 2.75) is 64.7 Å². The Morgan fingerprint density at radius 2 is 1.54 bits per heavy atom. The van der Waals surface area contributed by atoms with E-state index >= 15 is 0 Å². The van der Waals surface area contributed by atoms with Crippen molar-refractivity contribution in [3.8, 4) is 0 Å². The number of hydrogen-bond donors (Lipinski definition) is 3. The third kappa shape index (κ3) is 14.5. The van der Waals surface area contributed by atoms with Crippen molar-refractivity contribution < 1.29 is 14.7 Å². The van der Waals surface area contributed by atoms with Gasteiger partial charge in [0.05, 0.1) is 6.42 Å². The van der Waals surface area contributed by atoms with E-state index in [-0.39, 0.29) is 12.3 Å². The van der Waals surface area contributed by atoms with E-state index in [1.165, 1.54) is 5.70 Å². The number of carboxylic acids is 1. The molecule has 1 heterocycles. The summed E-state index contributed by atoms with van der Waals surface area (Å²) in [5.74, 6) is -1.04. The topological polar surface area (TPSA) is 91.4 Å². The summed E-state index contributed by atoms with van der Waals surface area (Å²) >= 11 is 0. The van der Waals surface area contributed by atoms with Crippen molar-refractivity contribution in [3.05, 3.63) is 102 Å². The fourth-order valence-electron chi connectivity index (χ4n) is 3.53. The minimum atomic E-state index is -0.919. The zero-order valence-corrected chi connectivity index (χ0v) is 21.9. The second kappa shape index (κ2) is 18.6. The fraction of sp³-hybridized carbons (Fsp3) is 0.355. The Balaban J connectivity index is 1.62. The van der Waals surface area contributed by atoms with Gasteiger partial charge < -0.3 is 10.4 Å². The molecular weight excluding hydrogens is 462 g/mol. The number of hydrogen-bond acceptors (Lipinski definition) is 4. The first-order valence-electron chi connectivity index (χ1n) is 13.1. The van der Waals surface area contributed by atoms with Crippen LogP contribution in [0.5, 0.6) is 0 Å². The summed E-state index contributed by atoms with van der Waals surface area (Å²) in [5, 5.41) is 14.0. The first-order chi connectivity index (χ1) is 18.1. The SMILES string of the molecule is CC/C=C\C/C=C\C/C=C\C/C(=C\C/C=C\C/C=C\CCC(=O)Nc1ccccc1CC(=O)O)N1CN1. The van der Waals surface area contributed by atoms with Crippen LogP contribution in [0.2, 0.25) is 0 Å². The molecule has 1 aromatic carbocycles. The average Bonchev–Trinajstić information content (AvgIpc) is 3.72. The highest BCUT2D eigenvalue weighted by molar-refractivity contribution is 5.92. The lowest BCUT2D eigenvalue weighted by atomic mass is 10.1. The summed E-state index contributed by atoms with van der Waals surface area (Å²) < 4.78 is 0. The summed E-state index contributed by atoms with van der Waals surface area (Å²) in [4.78, 5) is 23.2. The number of aliphatic carboxylic acids is 1. The van der Waals surface area contributed by atoms with Gasteiger partial charge in [-0.3, -0.25) is 14.6 Å². The number of benzene rings is 1. The number of nitrogens with zero attached hydrogens (tertiary/aromatic N) is 1. The lowest BCUT2D eigenvalue weighted by molar-refractivity contribution is -0.136. The second-order valence-corrected chi connectivity index (χ2v) is 8.67. The molecule has 6 heteroatoms. The van der Waals surface area contributed by atoms with E-state index in [1.54, 1.807) is 24.3 Å². The highest BCUT2D eigenvalue weighted by Crippen LogP contribution is 2.17. The van der Waals surface area contributed by atoms with Crippen molar-refractivity contribution in [2.24, 2.45) is 0 Å². The Labute approximate surface area is 221 Å². The van der Waals surface area contributed by atoms with Gasteiger partial charge >= 0.3 is 5.97 Å². The molecule has 0 unspecified atom stereocenters. The number of amides is 1. The molecule has 1 fully saturated rings. The Hall–Kier alpha value is -3.64. The molecule has 0 radical (unpaired) electrons. The van der Waals surface area contributed by atoms with Gasteiger partial charge in [-0.25, -0.2) is 5.43 Å². The minimum absolute atomic E-state index is 0.111. The maximum Gasteiger partial charge on any atom is 0.307 e. The first-order valence-corrected chi connectivity index (χ1v) is 13.1. The molecular formula is C31H41N3O3. The molecule has 1 saturated heterocycles. The number of carbonyl (C=O) groups is 2. The average molecular weight is 504 g/mol. The minimum Gasteiger partial charge on any atom is -0.481 e. The number of nitrogens with one attached hydrogen (secondary N) is 2. The maximum absolute atomic E-state index is 12.2. The quantitative estimate of drug-likeness (QED) is 0.151. The van der Waals surface area contributed by atoms with Gasteiger partial charge in [0, 0.05) is 24.2 Å². The van der Waals surface area contributed by atoms with Crippen LogP contribution in [0.15, 0.2) is 96.8 Å². The molecule has 0 bridgehead atoms. The van der Waals surface area contributed by atoms with Gasteiger partial charge in [0.2, 0.25) is 5.91 Å². The van der Waals surface area contributed by atoms with Gasteiger partial charge in [-0.05, 0) is 50.2 Å². The van der Waals surface area contributed by atoms with Gasteiger partial charge in [0.1, 0.15) is 6.67 Å². The number of hydrazine groups is 1. The lowest BCUT2D eigenvalue weighted by Gasteiger charge is -2.09. The van der Waals surface area contributed by atoms with Crippen LogP contribution in [-0.4, -0.2) is 28.7 Å². The van der Waals surface area contributed by atoms with E-state index < -0.39 is 5.97 Å². The molecule has 0 saturated carbocycles. The van der Waals surface area contributed by atoms with Crippen LogP contribution < -0.4 is 10.7 Å². The van der Waals surface area contributed by atoms with E-state index in [4.69, 9.17) is 5.11 Å². The monoisotopic (exact) mass is 503 g/mol. The number of rotatable bonds is 18. The summed E-state index contributed by atoms with van der Waals surface area (Å²) in [6, 6.07) is 7.01. The molecule has 3 N–H and O–H groups in total. The van der Waals surface area contributed by atoms with E-state index in [0.29, 0.717) is 24.1 Å². The van der Waals surface area contributed by atoms with Crippen molar-refractivity contribution in [2.75, 3.05) is 12.0 Å². The van der Waals surface area contributed by atoms with Crippen LogP contribution in [0.4, 0.5) is 5.69 Å². The molecule has 0 spiro atoms. The van der Waals surface area contributed by atoms with E-state index in [1.807, 2.05) is 6.08 Å². The number of para-hydroxylation sites is 1. The van der Waals surface area contributed by atoms with E-state index in [2.05, 4.69) is 83.4 Å². The number of carboxylic acid groups (broad SMARTS) is 1. The van der Waals surface area contributed by atoms with Crippen molar-refractivity contribution >= 4 is 17.6 Å². The molecule has 0 atom stereocenters. The molecule has 198 valence electrons. The molecule has 0 aromatic heterocycles. The zero-order chi connectivity index (χ0) is 26.6. The van der Waals surface area contributed by atoms with Crippen LogP contribution in [0, 0.1) is 0 Å². The maximum atomic E-state index is 12.2. The summed E-state index contributed by atoms with van der Waals surface area (Å²) in [5.41, 5.74) is 5.71. The smallest absolute Gasteiger partial charge is 0.307 e. The van der Waals surface area contributed by atoms with Crippen LogP contribution in [0.3, 0.4) is 0 Å². The lowest BCUT2D eigenvalue weighted by Crippen LogP contribution is -2.13. The normalized spacial score (nSPS) is 14.2. The second-order valence-electron chi connectivity index (χ2n) is 8.67. The fourth-order valence-corrected chi connectivity index (χ4v) is 3.53. The molecule has 1 aliphatic rings. The Kier molecular flexibility index (Phi) is 14.9. The summed E-state index contributed by atoms with van der Waals surface area (Å²) in [6.45, 7) is 3.06. The highest BCUT2D eigenvalue weighted by atomic mass is 16.4. The highest BCUT2D eigenvalue weighted by Gasteiger charge is 2.17. The third-order valence-corrected chi connectivity index (χ3v) is 5.54. The Morgan fingerprint density at radius 3 is 2.22 bits per heavy atom. The number of allylic oxidation sites excluding steroid dienone is 11. The van der Waals surface area contributed by atoms with Gasteiger partial charge in [0.15, 0.2) is 0 Å². The molecule has 6 nitrogen and oxygen atoms in total. The summed E-state index contributed by atoms with van der Waals surface area (Å²) in [7, 11) is 0. The number of anilines is 1. The zero-order valence-electron chi connectivity index (χ0n) is 21.9. The van der Waals surface area contributed by atoms with Crippen molar-refractivity contribution in [1.82, 2.24) is 10.4 Å². The molecule has 37 heavy (non-hydrogen) atoms. The van der Waals surface area contributed by atoms with Crippen molar-refractivity contribution in [1.29, 1.82) is 0 Å². The number of carbonyl (C=O) groups excluding carboxylic acids is 1. The van der Waals surface area contributed by atoms with E-state index in [9.17, 15) is 9.59 Å². The standard InChI is InChI=1S/C31H41N3O3/c1-2-3-4-5-6-7-9-12-15-21-28(34-26-32-34)22-16-13-10-8-11-14-17-24-30(35)33-29-23-19-18-20-27(29)25-31(36)37/h3-4,6-7,10-15,18-20,22-23,32H,2,5,8-9,16-17,21,24-26H2,1H3,(H,33,35)(H,36,37)/b4-3-,7-6-,13-10-,14-11-,15-12-,28-22+. The van der Waals surface area contributed by atoms with Crippen LogP contribution in [-0.2, 0) is 16.0 Å². The molecule has 2 rings (SSSR count). The summed E-state index contributed by atoms with van der Waals surface area (Å²) in [6.07, 6.45) is 30.5. The Morgan fingerprint density at radius 1 is 0.919 bits per heavy atom. The predicted octanol–water partition coefficient (Wildman–Crippen LogP) is 6.84. The van der Waals surface area contributed by atoms with Crippen LogP contribution in [0.1, 0.15) is 63.9 Å².